The second-order valence-electron chi connectivity index (χ2n) is 6.09. The summed E-state index contributed by atoms with van der Waals surface area (Å²) in [6.45, 7) is 2.93. The van der Waals surface area contributed by atoms with Crippen LogP contribution >= 0.6 is 12.2 Å². The van der Waals surface area contributed by atoms with E-state index in [-0.39, 0.29) is 12.1 Å². The molecule has 1 unspecified atom stereocenters. The summed E-state index contributed by atoms with van der Waals surface area (Å²) in [5.74, 6) is 0.322. The fraction of sp³-hybridized carbons (Fsp3) is 0.444. The highest BCUT2D eigenvalue weighted by Gasteiger charge is 2.39. The Morgan fingerprint density at radius 3 is 2.64 bits per heavy atom. The number of methoxy groups -OCH3 is 1. The Morgan fingerprint density at radius 1 is 1.36 bits per heavy atom. The number of likely N-dealkylation sites (tertiary alicyclic amines) is 1. The zero-order valence-corrected chi connectivity index (χ0v) is 15.2. The zero-order chi connectivity index (χ0) is 17.9. The summed E-state index contributed by atoms with van der Waals surface area (Å²) in [5, 5.41) is 0. The molecule has 1 saturated heterocycles. The SMILES string of the molecule is COc1ccc(C2(C(=S)N3CCC(OC(C)=O)CC3)C=CC=N2)cn1. The highest BCUT2D eigenvalue weighted by Crippen LogP contribution is 2.35. The van der Waals surface area contributed by atoms with Crippen LogP contribution < -0.4 is 4.74 Å². The van der Waals surface area contributed by atoms with Gasteiger partial charge in [0.25, 0.3) is 0 Å². The Morgan fingerprint density at radius 2 is 2.12 bits per heavy atom. The molecule has 0 aromatic carbocycles. The van der Waals surface area contributed by atoms with Gasteiger partial charge in [0, 0.05) is 56.9 Å². The molecule has 1 aromatic heterocycles. The van der Waals surface area contributed by atoms with Crippen molar-refractivity contribution in [3.05, 3.63) is 36.0 Å². The largest absolute Gasteiger partial charge is 0.481 e. The molecule has 0 saturated carbocycles. The van der Waals surface area contributed by atoms with E-state index in [2.05, 4.69) is 14.9 Å². The first-order chi connectivity index (χ1) is 12.0. The third kappa shape index (κ3) is 3.56. The topological polar surface area (TPSA) is 64.0 Å². The fourth-order valence-electron chi connectivity index (χ4n) is 3.19. The minimum absolute atomic E-state index is 0.0298. The van der Waals surface area contributed by atoms with E-state index in [0.717, 1.165) is 36.5 Å². The van der Waals surface area contributed by atoms with Crippen LogP contribution in [0.5, 0.6) is 5.88 Å². The quantitative estimate of drug-likeness (QED) is 0.607. The summed E-state index contributed by atoms with van der Waals surface area (Å²) in [6, 6.07) is 3.76. The van der Waals surface area contributed by atoms with E-state index in [9.17, 15) is 4.79 Å². The monoisotopic (exact) mass is 359 g/mol. The molecule has 0 spiro atoms. The predicted octanol–water partition coefficient (Wildman–Crippen LogP) is 2.28. The summed E-state index contributed by atoms with van der Waals surface area (Å²) in [5.41, 5.74) is 0.202. The number of rotatable bonds is 4. The summed E-state index contributed by atoms with van der Waals surface area (Å²) >= 11 is 5.81. The summed E-state index contributed by atoms with van der Waals surface area (Å²) in [6.07, 6.45) is 8.93. The van der Waals surface area contributed by atoms with Gasteiger partial charge in [0.1, 0.15) is 11.1 Å². The van der Waals surface area contributed by atoms with E-state index in [1.54, 1.807) is 19.5 Å². The minimum Gasteiger partial charge on any atom is -0.481 e. The summed E-state index contributed by atoms with van der Waals surface area (Å²) < 4.78 is 10.4. The van der Waals surface area contributed by atoms with E-state index in [1.807, 2.05) is 24.3 Å². The number of allylic oxidation sites excluding steroid dienone is 1. The molecule has 3 rings (SSSR count). The Bertz CT molecular complexity index is 695. The average Bonchev–Trinajstić information content (AvgIpc) is 3.12. The van der Waals surface area contributed by atoms with E-state index < -0.39 is 5.54 Å². The number of ether oxygens (including phenoxy) is 2. The second-order valence-corrected chi connectivity index (χ2v) is 6.48. The highest BCUT2D eigenvalue weighted by molar-refractivity contribution is 7.80. The number of carbonyl (C=O) groups is 1. The molecule has 1 aromatic rings. The lowest BCUT2D eigenvalue weighted by Gasteiger charge is -2.38. The Labute approximate surface area is 152 Å². The Kier molecular flexibility index (Phi) is 5.13. The predicted molar refractivity (Wildman–Crippen MR) is 99.1 cm³/mol. The first kappa shape index (κ1) is 17.5. The molecule has 2 aliphatic heterocycles. The van der Waals surface area contributed by atoms with Gasteiger partial charge in [-0.1, -0.05) is 12.2 Å². The Hall–Kier alpha value is -2.28. The number of thiocarbonyl (C=S) groups is 1. The molecular weight excluding hydrogens is 338 g/mol. The Balaban J connectivity index is 1.77. The number of aromatic nitrogens is 1. The molecule has 0 amide bonds. The van der Waals surface area contributed by atoms with Crippen LogP contribution in [0.15, 0.2) is 35.5 Å². The molecule has 0 radical (unpaired) electrons. The van der Waals surface area contributed by atoms with Crippen LogP contribution in [0.1, 0.15) is 25.3 Å². The molecule has 132 valence electrons. The van der Waals surface area contributed by atoms with Crippen molar-refractivity contribution >= 4 is 29.4 Å². The summed E-state index contributed by atoms with van der Waals surface area (Å²) in [4.78, 5) is 22.9. The van der Waals surface area contributed by atoms with Gasteiger partial charge in [-0.2, -0.15) is 0 Å². The van der Waals surface area contributed by atoms with Gasteiger partial charge >= 0.3 is 5.97 Å². The number of hydrogen-bond donors (Lipinski definition) is 0. The maximum absolute atomic E-state index is 11.1. The van der Waals surface area contributed by atoms with Gasteiger partial charge in [-0.05, 0) is 18.2 Å². The number of pyridine rings is 1. The number of nitrogens with zero attached hydrogens (tertiary/aromatic N) is 3. The van der Waals surface area contributed by atoms with Crippen molar-refractivity contribution in [2.24, 2.45) is 4.99 Å². The number of carbonyl (C=O) groups excluding carboxylic acids is 1. The molecule has 6 nitrogen and oxygen atoms in total. The van der Waals surface area contributed by atoms with Gasteiger partial charge in [0.05, 0.1) is 7.11 Å². The third-order valence-corrected chi connectivity index (χ3v) is 5.04. The van der Waals surface area contributed by atoms with Crippen LogP contribution in [0.3, 0.4) is 0 Å². The van der Waals surface area contributed by atoms with Gasteiger partial charge < -0.3 is 14.4 Å². The number of hydrogen-bond acceptors (Lipinski definition) is 6. The molecule has 1 atom stereocenters. The van der Waals surface area contributed by atoms with Gasteiger partial charge in [-0.3, -0.25) is 9.79 Å². The van der Waals surface area contributed by atoms with Crippen LogP contribution in [0.25, 0.3) is 0 Å². The van der Waals surface area contributed by atoms with Crippen molar-refractivity contribution < 1.29 is 14.3 Å². The third-order valence-electron chi connectivity index (χ3n) is 4.48. The second kappa shape index (κ2) is 7.31. The van der Waals surface area contributed by atoms with E-state index in [4.69, 9.17) is 21.7 Å². The normalized spacial score (nSPS) is 22.9. The summed E-state index contributed by atoms with van der Waals surface area (Å²) in [7, 11) is 1.59. The van der Waals surface area contributed by atoms with Gasteiger partial charge in [0.2, 0.25) is 5.88 Å². The molecule has 0 aliphatic carbocycles. The van der Waals surface area contributed by atoms with Gasteiger partial charge in [0.15, 0.2) is 5.54 Å². The maximum atomic E-state index is 11.1. The van der Waals surface area contributed by atoms with Crippen LogP contribution in [-0.2, 0) is 15.1 Å². The molecule has 0 N–H and O–H groups in total. The lowest BCUT2D eigenvalue weighted by atomic mass is 9.90. The molecule has 1 fully saturated rings. The standard InChI is InChI=1S/C18H21N3O3S/c1-13(22)24-15-6-10-21(11-7-15)17(25)18(8-3-9-20-18)14-4-5-16(23-2)19-12-14/h3-5,8-9,12,15H,6-7,10-11H2,1-2H3. The molecular formula is C18H21N3O3S. The average molecular weight is 359 g/mol. The van der Waals surface area contributed by atoms with E-state index in [0.29, 0.717) is 5.88 Å². The smallest absolute Gasteiger partial charge is 0.302 e. The minimum atomic E-state index is -0.705. The highest BCUT2D eigenvalue weighted by atomic mass is 32.1. The fourth-order valence-corrected chi connectivity index (χ4v) is 3.61. The van der Waals surface area contributed by atoms with Crippen molar-refractivity contribution in [2.75, 3.05) is 20.2 Å². The van der Waals surface area contributed by atoms with Crippen LogP contribution in [0, 0.1) is 0 Å². The molecule has 25 heavy (non-hydrogen) atoms. The first-order valence-electron chi connectivity index (χ1n) is 8.25. The van der Waals surface area contributed by atoms with Crippen molar-refractivity contribution in [3.63, 3.8) is 0 Å². The van der Waals surface area contributed by atoms with Crippen molar-refractivity contribution in [1.82, 2.24) is 9.88 Å². The first-order valence-corrected chi connectivity index (χ1v) is 8.66. The lowest BCUT2D eigenvalue weighted by molar-refractivity contribution is -0.148. The molecule has 0 bridgehead atoms. The number of aliphatic imine (C=N–C) groups is 1. The van der Waals surface area contributed by atoms with E-state index >= 15 is 0 Å². The maximum Gasteiger partial charge on any atom is 0.302 e. The van der Waals surface area contributed by atoms with Crippen molar-refractivity contribution in [3.8, 4) is 5.88 Å². The van der Waals surface area contributed by atoms with Gasteiger partial charge in [-0.15, -0.1) is 0 Å². The van der Waals surface area contributed by atoms with Crippen LogP contribution in [0.4, 0.5) is 0 Å². The van der Waals surface area contributed by atoms with Gasteiger partial charge in [-0.25, -0.2) is 4.98 Å². The number of piperidine rings is 1. The van der Waals surface area contributed by atoms with E-state index in [1.165, 1.54) is 6.92 Å². The number of esters is 1. The van der Waals surface area contributed by atoms with Crippen LogP contribution in [0.2, 0.25) is 0 Å². The lowest BCUT2D eigenvalue weighted by Crippen LogP contribution is -2.48. The van der Waals surface area contributed by atoms with Crippen molar-refractivity contribution in [2.45, 2.75) is 31.4 Å². The molecule has 7 heteroatoms. The molecule has 3 heterocycles. The molecule has 2 aliphatic rings. The van der Waals surface area contributed by atoms with Crippen LogP contribution in [-0.4, -0.2) is 53.4 Å². The van der Waals surface area contributed by atoms with Crippen molar-refractivity contribution in [1.29, 1.82) is 0 Å². The zero-order valence-electron chi connectivity index (χ0n) is 14.3.